The Labute approximate surface area is 88.9 Å². The molecule has 0 saturated heterocycles. The summed E-state index contributed by atoms with van der Waals surface area (Å²) in [5, 5.41) is 11.4. The molecule has 0 fully saturated rings. The van der Waals surface area contributed by atoms with Crippen molar-refractivity contribution >= 4 is 11.6 Å². The van der Waals surface area contributed by atoms with Crippen LogP contribution in [-0.2, 0) is 4.79 Å². The smallest absolute Gasteiger partial charge is 0.241 e. The first-order valence-electron chi connectivity index (χ1n) is 4.88. The molecule has 1 atom stereocenters. The first-order valence-corrected chi connectivity index (χ1v) is 4.88. The Morgan fingerprint density at radius 1 is 1.73 bits per heavy atom. The largest absolute Gasteiger partial charge is 0.324 e. The van der Waals surface area contributed by atoms with E-state index >= 15 is 0 Å². The molecule has 0 radical (unpaired) electrons. The fourth-order valence-electron chi connectivity index (χ4n) is 1.21. The highest BCUT2D eigenvalue weighted by atomic mass is 16.1. The summed E-state index contributed by atoms with van der Waals surface area (Å²) in [6.45, 7) is 1.95. The molecule has 0 aliphatic rings. The van der Waals surface area contributed by atoms with Gasteiger partial charge in [-0.25, -0.2) is 0 Å². The van der Waals surface area contributed by atoms with Crippen molar-refractivity contribution < 1.29 is 4.79 Å². The van der Waals surface area contributed by atoms with Gasteiger partial charge in [0.2, 0.25) is 5.91 Å². The quantitative estimate of drug-likeness (QED) is 0.813. The van der Waals surface area contributed by atoms with Crippen molar-refractivity contribution in [3.8, 4) is 6.07 Å². The second-order valence-corrected chi connectivity index (χ2v) is 3.20. The number of carbonyl (C=O) groups excluding carboxylic acids is 1. The van der Waals surface area contributed by atoms with E-state index in [9.17, 15) is 4.79 Å². The molecule has 1 N–H and O–H groups in total. The third-order valence-electron chi connectivity index (χ3n) is 1.98. The summed E-state index contributed by atoms with van der Waals surface area (Å²) in [6.07, 6.45) is 4.59. The minimum atomic E-state index is -0.574. The van der Waals surface area contributed by atoms with Crippen molar-refractivity contribution in [3.63, 3.8) is 0 Å². The van der Waals surface area contributed by atoms with Gasteiger partial charge in [-0.05, 0) is 18.6 Å². The SMILES string of the molecule is CCCC(C#N)C(=O)Nc1cccnc1. The van der Waals surface area contributed by atoms with E-state index in [1.807, 2.05) is 13.0 Å². The van der Waals surface area contributed by atoms with Gasteiger partial charge in [0.25, 0.3) is 0 Å². The normalized spacial score (nSPS) is 11.5. The lowest BCUT2D eigenvalue weighted by Gasteiger charge is -2.08. The zero-order chi connectivity index (χ0) is 11.1. The molecule has 0 bridgehead atoms. The van der Waals surface area contributed by atoms with E-state index in [1.165, 1.54) is 0 Å². The molecule has 0 saturated carbocycles. The van der Waals surface area contributed by atoms with Crippen molar-refractivity contribution in [2.75, 3.05) is 5.32 Å². The van der Waals surface area contributed by atoms with Crippen LogP contribution in [0.3, 0.4) is 0 Å². The third kappa shape index (κ3) is 3.39. The van der Waals surface area contributed by atoms with Crippen molar-refractivity contribution in [2.45, 2.75) is 19.8 Å². The molecule has 1 heterocycles. The molecule has 4 heteroatoms. The van der Waals surface area contributed by atoms with Crippen molar-refractivity contribution in [2.24, 2.45) is 5.92 Å². The maximum absolute atomic E-state index is 11.6. The summed E-state index contributed by atoms with van der Waals surface area (Å²) in [4.78, 5) is 15.4. The molecule has 15 heavy (non-hydrogen) atoms. The maximum atomic E-state index is 11.6. The summed E-state index contributed by atoms with van der Waals surface area (Å²) in [5.41, 5.74) is 0.624. The number of amides is 1. The highest BCUT2D eigenvalue weighted by Gasteiger charge is 2.16. The molecule has 0 spiro atoms. The number of pyridine rings is 1. The molecule has 78 valence electrons. The Balaban J connectivity index is 2.59. The minimum absolute atomic E-state index is 0.257. The van der Waals surface area contributed by atoms with Crippen LogP contribution in [0.15, 0.2) is 24.5 Å². The molecular weight excluding hydrogens is 190 g/mol. The molecule has 0 aliphatic carbocycles. The first kappa shape index (κ1) is 11.2. The summed E-state index contributed by atoms with van der Waals surface area (Å²) in [7, 11) is 0. The van der Waals surface area contributed by atoms with Gasteiger partial charge in [0, 0.05) is 6.20 Å². The van der Waals surface area contributed by atoms with E-state index < -0.39 is 5.92 Å². The second-order valence-electron chi connectivity index (χ2n) is 3.20. The number of nitrogens with zero attached hydrogens (tertiary/aromatic N) is 2. The Morgan fingerprint density at radius 2 is 2.53 bits per heavy atom. The Hall–Kier alpha value is -1.89. The molecule has 4 nitrogen and oxygen atoms in total. The Morgan fingerprint density at radius 3 is 3.07 bits per heavy atom. The van der Waals surface area contributed by atoms with Crippen LogP contribution in [0.25, 0.3) is 0 Å². The predicted molar refractivity (Wildman–Crippen MR) is 56.9 cm³/mol. The monoisotopic (exact) mass is 203 g/mol. The molecule has 1 aromatic rings. The van der Waals surface area contributed by atoms with Crippen LogP contribution in [0.2, 0.25) is 0 Å². The summed E-state index contributed by atoms with van der Waals surface area (Å²) in [5.74, 6) is -0.831. The Bertz CT molecular complexity index is 356. The van der Waals surface area contributed by atoms with Crippen LogP contribution >= 0.6 is 0 Å². The number of aromatic nitrogens is 1. The van der Waals surface area contributed by atoms with Gasteiger partial charge in [0.15, 0.2) is 0 Å². The van der Waals surface area contributed by atoms with E-state index in [1.54, 1.807) is 24.5 Å². The van der Waals surface area contributed by atoms with Crippen LogP contribution in [0.5, 0.6) is 0 Å². The zero-order valence-electron chi connectivity index (χ0n) is 8.60. The summed E-state index contributed by atoms with van der Waals surface area (Å²) >= 11 is 0. The molecule has 0 aliphatic heterocycles. The van der Waals surface area contributed by atoms with E-state index in [0.717, 1.165) is 6.42 Å². The fraction of sp³-hybridized carbons (Fsp3) is 0.364. The van der Waals surface area contributed by atoms with E-state index in [0.29, 0.717) is 12.1 Å². The van der Waals surface area contributed by atoms with E-state index in [4.69, 9.17) is 5.26 Å². The average molecular weight is 203 g/mol. The third-order valence-corrected chi connectivity index (χ3v) is 1.98. The number of anilines is 1. The number of carbonyl (C=O) groups is 1. The second kappa shape index (κ2) is 5.76. The maximum Gasteiger partial charge on any atom is 0.241 e. The standard InChI is InChI=1S/C11H13N3O/c1-2-4-9(7-12)11(15)14-10-5-3-6-13-8-10/h3,5-6,8-9H,2,4H2,1H3,(H,14,15). The van der Waals surface area contributed by atoms with E-state index in [2.05, 4.69) is 10.3 Å². The predicted octanol–water partition coefficient (Wildman–Crippen LogP) is 1.96. The van der Waals surface area contributed by atoms with Gasteiger partial charge in [-0.2, -0.15) is 5.26 Å². The summed E-state index contributed by atoms with van der Waals surface area (Å²) < 4.78 is 0. The molecule has 1 amide bonds. The molecule has 1 rings (SSSR count). The van der Waals surface area contributed by atoms with Gasteiger partial charge in [-0.3, -0.25) is 9.78 Å². The molecular formula is C11H13N3O. The van der Waals surface area contributed by atoms with Crippen molar-refractivity contribution in [1.29, 1.82) is 5.26 Å². The van der Waals surface area contributed by atoms with Crippen molar-refractivity contribution in [3.05, 3.63) is 24.5 Å². The van der Waals surface area contributed by atoms with Crippen LogP contribution in [0.1, 0.15) is 19.8 Å². The van der Waals surface area contributed by atoms with Crippen LogP contribution in [0.4, 0.5) is 5.69 Å². The highest BCUT2D eigenvalue weighted by Crippen LogP contribution is 2.10. The van der Waals surface area contributed by atoms with Gasteiger partial charge in [-0.1, -0.05) is 13.3 Å². The highest BCUT2D eigenvalue weighted by molar-refractivity contribution is 5.93. The number of nitrogens with one attached hydrogen (secondary N) is 1. The number of nitriles is 1. The van der Waals surface area contributed by atoms with Gasteiger partial charge in [0.1, 0.15) is 5.92 Å². The zero-order valence-corrected chi connectivity index (χ0v) is 8.60. The number of hydrogen-bond acceptors (Lipinski definition) is 3. The van der Waals surface area contributed by atoms with Crippen LogP contribution in [-0.4, -0.2) is 10.9 Å². The Kier molecular flexibility index (Phi) is 4.30. The lowest BCUT2D eigenvalue weighted by Crippen LogP contribution is -2.21. The van der Waals surface area contributed by atoms with Gasteiger partial charge >= 0.3 is 0 Å². The lowest BCUT2D eigenvalue weighted by atomic mass is 10.1. The van der Waals surface area contributed by atoms with Crippen LogP contribution in [0, 0.1) is 17.2 Å². The first-order chi connectivity index (χ1) is 7.27. The minimum Gasteiger partial charge on any atom is -0.324 e. The topological polar surface area (TPSA) is 65.8 Å². The average Bonchev–Trinajstić information content (AvgIpc) is 2.27. The van der Waals surface area contributed by atoms with Crippen molar-refractivity contribution in [1.82, 2.24) is 4.98 Å². The van der Waals surface area contributed by atoms with Gasteiger partial charge in [0.05, 0.1) is 18.0 Å². The lowest BCUT2D eigenvalue weighted by molar-refractivity contribution is -0.118. The van der Waals surface area contributed by atoms with E-state index in [-0.39, 0.29) is 5.91 Å². The number of hydrogen-bond donors (Lipinski definition) is 1. The number of rotatable bonds is 4. The van der Waals surface area contributed by atoms with Gasteiger partial charge < -0.3 is 5.32 Å². The molecule has 1 aromatic heterocycles. The molecule has 1 unspecified atom stereocenters. The fourth-order valence-corrected chi connectivity index (χ4v) is 1.21. The van der Waals surface area contributed by atoms with Gasteiger partial charge in [-0.15, -0.1) is 0 Å². The summed E-state index contributed by atoms with van der Waals surface area (Å²) in [6, 6.07) is 5.46. The van der Waals surface area contributed by atoms with Crippen LogP contribution < -0.4 is 5.32 Å². The molecule has 0 aromatic carbocycles.